The van der Waals surface area contributed by atoms with Gasteiger partial charge in [-0.1, -0.05) is 0 Å². The first-order chi connectivity index (χ1) is 14.8. The number of hydrogen-bond donors (Lipinski definition) is 2. The van der Waals surface area contributed by atoms with Gasteiger partial charge in [0.2, 0.25) is 0 Å². The Morgan fingerprint density at radius 2 is 2.00 bits per heavy atom. The van der Waals surface area contributed by atoms with Crippen molar-refractivity contribution < 1.29 is 26.6 Å². The average Bonchev–Trinajstić information content (AvgIpc) is 3.39. The average molecular weight is 471 g/mol. The fraction of sp³-hybridized carbons (Fsp3) is 0.550. The molecule has 4 aliphatic carbocycles. The van der Waals surface area contributed by atoms with Crippen LogP contribution in [0, 0.1) is 10.2 Å². The van der Waals surface area contributed by atoms with E-state index in [0.717, 1.165) is 10.9 Å². The summed E-state index contributed by atoms with van der Waals surface area (Å²) >= 11 is 0. The number of carbonyl (C=O) groups is 1. The molecule has 32 heavy (non-hydrogen) atoms. The largest absolute Gasteiger partial charge is 0.420 e. The summed E-state index contributed by atoms with van der Waals surface area (Å²) in [5, 5.41) is 6.52. The second kappa shape index (κ2) is 6.52. The highest BCUT2D eigenvalue weighted by Crippen LogP contribution is 2.70. The van der Waals surface area contributed by atoms with Crippen LogP contribution in [0.4, 0.5) is 23.2 Å². The van der Waals surface area contributed by atoms with Gasteiger partial charge < -0.3 is 5.32 Å². The summed E-state index contributed by atoms with van der Waals surface area (Å²) in [6.07, 6.45) is -0.463. The number of aromatic nitrogens is 3. The van der Waals surface area contributed by atoms with Crippen LogP contribution in [0.2, 0.25) is 0 Å². The number of hydrogen-bond acceptors (Lipinski definition) is 5. The van der Waals surface area contributed by atoms with Crippen LogP contribution in [-0.2, 0) is 22.5 Å². The van der Waals surface area contributed by atoms with Crippen LogP contribution >= 0.6 is 0 Å². The predicted molar refractivity (Wildman–Crippen MR) is 107 cm³/mol. The molecule has 2 aromatic heterocycles. The van der Waals surface area contributed by atoms with Gasteiger partial charge in [0.1, 0.15) is 22.0 Å². The summed E-state index contributed by atoms with van der Waals surface area (Å²) in [4.78, 5) is 16.9. The zero-order valence-electron chi connectivity index (χ0n) is 17.1. The molecule has 2 N–H and O–H groups in total. The highest BCUT2D eigenvalue weighted by molar-refractivity contribution is 7.91. The lowest BCUT2D eigenvalue weighted by Crippen LogP contribution is -2.65. The normalized spacial score (nSPS) is 28.4. The van der Waals surface area contributed by atoms with Gasteiger partial charge in [-0.15, -0.1) is 0 Å². The molecule has 0 aliphatic heterocycles. The fourth-order valence-electron chi connectivity index (χ4n) is 4.98. The van der Waals surface area contributed by atoms with E-state index >= 15 is 0 Å². The van der Waals surface area contributed by atoms with Crippen LogP contribution in [-0.4, -0.2) is 36.8 Å². The first-order valence-corrected chi connectivity index (χ1v) is 12.1. The summed E-state index contributed by atoms with van der Waals surface area (Å²) in [5.74, 6) is -1.36. The number of alkyl halides is 4. The summed E-state index contributed by atoms with van der Waals surface area (Å²) in [6.45, 7) is 0.0499. The maximum atomic E-state index is 14.1. The Labute approximate surface area is 181 Å². The minimum absolute atomic E-state index is 0.0499. The predicted octanol–water partition coefficient (Wildman–Crippen LogP) is 4.35. The van der Waals surface area contributed by atoms with Gasteiger partial charge in [0.05, 0.1) is 15.4 Å². The quantitative estimate of drug-likeness (QED) is 0.612. The molecular weight excluding hydrogens is 450 g/mol. The molecule has 172 valence electrons. The second-order valence-electron chi connectivity index (χ2n) is 9.40. The molecule has 2 aromatic rings. The molecule has 2 heterocycles. The smallest absolute Gasteiger partial charge is 0.320 e. The third kappa shape index (κ3) is 3.57. The summed E-state index contributed by atoms with van der Waals surface area (Å²) in [7, 11) is -3.18. The zero-order chi connectivity index (χ0) is 23.1. The van der Waals surface area contributed by atoms with Crippen molar-refractivity contribution in [3.8, 4) is 0 Å². The van der Waals surface area contributed by atoms with E-state index in [1.54, 1.807) is 0 Å². The maximum Gasteiger partial charge on any atom is 0.420 e. The molecule has 0 aromatic carbocycles. The number of halogens is 4. The van der Waals surface area contributed by atoms with Crippen molar-refractivity contribution in [3.63, 3.8) is 0 Å². The van der Waals surface area contributed by atoms with Gasteiger partial charge in [-0.2, -0.15) is 18.3 Å². The molecule has 12 heteroatoms. The van der Waals surface area contributed by atoms with E-state index in [4.69, 9.17) is 4.78 Å². The molecule has 4 saturated carbocycles. The Bertz CT molecular complexity index is 1210. The molecule has 1 amide bonds. The van der Waals surface area contributed by atoms with E-state index in [0.29, 0.717) is 12.8 Å². The van der Waals surface area contributed by atoms with Crippen LogP contribution in [0.15, 0.2) is 23.4 Å². The third-order valence-corrected chi connectivity index (χ3v) is 7.42. The summed E-state index contributed by atoms with van der Waals surface area (Å²) in [6, 6.07) is 2.55. The van der Waals surface area contributed by atoms with E-state index in [9.17, 15) is 26.6 Å². The van der Waals surface area contributed by atoms with Crippen molar-refractivity contribution in [2.45, 2.75) is 61.4 Å². The lowest BCUT2D eigenvalue weighted by molar-refractivity contribution is -0.221. The van der Waals surface area contributed by atoms with Crippen LogP contribution in [0.1, 0.15) is 59.8 Å². The Morgan fingerprint density at radius 3 is 2.53 bits per heavy atom. The lowest BCUT2D eigenvalue weighted by Gasteiger charge is -2.65. The molecular formula is C20H21F4N5O2S. The minimum Gasteiger partial charge on any atom is -0.320 e. The van der Waals surface area contributed by atoms with E-state index in [1.165, 1.54) is 18.3 Å². The molecule has 7 nitrogen and oxygen atoms in total. The van der Waals surface area contributed by atoms with Crippen LogP contribution < -0.4 is 5.32 Å². The molecule has 4 aliphatic rings. The Balaban J connectivity index is 1.53. The van der Waals surface area contributed by atoms with Crippen molar-refractivity contribution in [1.82, 2.24) is 14.8 Å². The molecule has 4 fully saturated rings. The highest BCUT2D eigenvalue weighted by atomic mass is 32.2. The Hall–Kier alpha value is -2.50. The second-order valence-corrected chi connectivity index (χ2v) is 11.5. The summed E-state index contributed by atoms with van der Waals surface area (Å²) < 4.78 is 76.8. The van der Waals surface area contributed by atoms with Crippen LogP contribution in [0.5, 0.6) is 0 Å². The minimum atomic E-state index is -4.79. The topological polar surface area (TPSA) is 101 Å². The van der Waals surface area contributed by atoms with Gasteiger partial charge in [-0.05, 0) is 49.7 Å². The molecule has 0 saturated heterocycles. The summed E-state index contributed by atoms with van der Waals surface area (Å²) in [5.41, 5.74) is -3.39. The van der Waals surface area contributed by atoms with Gasteiger partial charge in [0.15, 0.2) is 0 Å². The van der Waals surface area contributed by atoms with Crippen LogP contribution in [0.25, 0.3) is 0 Å². The zero-order valence-corrected chi connectivity index (χ0v) is 17.9. The number of nitrogens with zero attached hydrogens (tertiary/aromatic N) is 3. The molecule has 2 bridgehead atoms. The standard InChI is InChI=1S/C20H21F4N5O2S/c1-32(25,31)13-6-12(4-5-26-13)27-17(30)16-14(20(22,23)24)15(11-2-3-11)28-29(16)10-18-7-19(21,8-18)9-18/h4-6,11,25H,2-3,7-10H2,1H3,(H,26,27,30)/t18?,19?,32-/m1/s1. The molecule has 1 atom stereocenters. The van der Waals surface area contributed by atoms with Crippen molar-refractivity contribution >= 4 is 21.3 Å². The van der Waals surface area contributed by atoms with Gasteiger partial charge in [-0.3, -0.25) is 9.48 Å². The number of carbonyl (C=O) groups excluding carboxylic acids is 1. The highest BCUT2D eigenvalue weighted by Gasteiger charge is 2.69. The van der Waals surface area contributed by atoms with E-state index in [1.807, 2.05) is 0 Å². The van der Waals surface area contributed by atoms with Crippen molar-refractivity contribution in [1.29, 1.82) is 4.78 Å². The fourth-order valence-corrected chi connectivity index (χ4v) is 5.60. The van der Waals surface area contributed by atoms with Gasteiger partial charge in [-0.25, -0.2) is 18.4 Å². The van der Waals surface area contributed by atoms with Crippen molar-refractivity contribution in [2.24, 2.45) is 5.41 Å². The molecule has 0 unspecified atom stereocenters. The Morgan fingerprint density at radius 1 is 1.34 bits per heavy atom. The van der Waals surface area contributed by atoms with E-state index in [-0.39, 0.29) is 48.1 Å². The number of rotatable bonds is 6. The number of pyridine rings is 1. The van der Waals surface area contributed by atoms with Gasteiger partial charge in [0.25, 0.3) is 5.91 Å². The van der Waals surface area contributed by atoms with Crippen LogP contribution in [0.3, 0.4) is 0 Å². The SMILES string of the molecule is C[S@@](=N)(=O)c1cc(NC(=O)c2c(C(F)(F)F)c(C3CC3)nn2CC23CC(F)(C2)C3)ccn1. The number of anilines is 1. The van der Waals surface area contributed by atoms with Crippen molar-refractivity contribution in [3.05, 3.63) is 35.3 Å². The molecule has 6 rings (SSSR count). The van der Waals surface area contributed by atoms with E-state index < -0.39 is 44.2 Å². The van der Waals surface area contributed by atoms with Crippen molar-refractivity contribution in [2.75, 3.05) is 11.6 Å². The lowest BCUT2D eigenvalue weighted by atomic mass is 9.42. The third-order valence-electron chi connectivity index (χ3n) is 6.39. The first kappa shape index (κ1) is 21.4. The first-order valence-electron chi connectivity index (χ1n) is 10.2. The molecule has 0 radical (unpaired) electrons. The van der Waals surface area contributed by atoms with Gasteiger partial charge >= 0.3 is 6.18 Å². The Kier molecular flexibility index (Phi) is 4.35. The monoisotopic (exact) mass is 471 g/mol. The number of nitrogens with one attached hydrogen (secondary N) is 2. The maximum absolute atomic E-state index is 14.1. The number of amides is 1. The van der Waals surface area contributed by atoms with Gasteiger partial charge in [0, 0.05) is 30.6 Å². The molecule has 0 spiro atoms. The van der Waals surface area contributed by atoms with E-state index in [2.05, 4.69) is 15.4 Å².